The summed E-state index contributed by atoms with van der Waals surface area (Å²) in [6.45, 7) is 2.01. The minimum Gasteiger partial charge on any atom is -0.346 e. The quantitative estimate of drug-likeness (QED) is 0.697. The van der Waals surface area contributed by atoms with Crippen molar-refractivity contribution in [3.63, 3.8) is 0 Å². The van der Waals surface area contributed by atoms with Crippen LogP contribution in [0.5, 0.6) is 0 Å². The largest absolute Gasteiger partial charge is 0.346 e. The molecule has 9 nitrogen and oxygen atoms in total. The summed E-state index contributed by atoms with van der Waals surface area (Å²) in [6, 6.07) is 6.15. The zero-order valence-corrected chi connectivity index (χ0v) is 15.9. The Kier molecular flexibility index (Phi) is 4.18. The Labute approximate surface area is 161 Å². The van der Waals surface area contributed by atoms with Gasteiger partial charge in [-0.3, -0.25) is 4.68 Å². The van der Waals surface area contributed by atoms with Gasteiger partial charge < -0.3 is 4.98 Å². The molecule has 28 heavy (non-hydrogen) atoms. The van der Waals surface area contributed by atoms with Gasteiger partial charge in [0.05, 0.1) is 30.0 Å². The maximum atomic E-state index is 12.1. The number of H-pyrrole nitrogens is 1. The molecule has 3 aromatic rings. The van der Waals surface area contributed by atoms with Crippen LogP contribution in [-0.4, -0.2) is 51.3 Å². The van der Waals surface area contributed by atoms with Gasteiger partial charge in [0.1, 0.15) is 17.3 Å². The monoisotopic (exact) mass is 395 g/mol. The zero-order chi connectivity index (χ0) is 19.9. The van der Waals surface area contributed by atoms with Crippen molar-refractivity contribution in [3.8, 4) is 23.3 Å². The van der Waals surface area contributed by atoms with Crippen molar-refractivity contribution in [2.75, 3.05) is 18.8 Å². The highest BCUT2D eigenvalue weighted by Gasteiger charge is 2.49. The van der Waals surface area contributed by atoms with Crippen LogP contribution in [0.25, 0.3) is 22.2 Å². The number of nitrogens with one attached hydrogen (secondary N) is 1. The lowest BCUT2D eigenvalue weighted by molar-refractivity contribution is 0.0719. The smallest absolute Gasteiger partial charge is 0.213 e. The van der Waals surface area contributed by atoms with Gasteiger partial charge in [0.15, 0.2) is 0 Å². The van der Waals surface area contributed by atoms with E-state index in [-0.39, 0.29) is 25.3 Å². The number of hydrogen-bond donors (Lipinski definition) is 1. The highest BCUT2D eigenvalue weighted by molar-refractivity contribution is 7.89. The van der Waals surface area contributed by atoms with Gasteiger partial charge in [-0.1, -0.05) is 0 Å². The molecule has 0 spiro atoms. The van der Waals surface area contributed by atoms with Crippen molar-refractivity contribution in [1.82, 2.24) is 24.1 Å². The Morgan fingerprint density at radius 2 is 2.11 bits per heavy atom. The Balaban J connectivity index is 1.75. The second kappa shape index (κ2) is 6.44. The van der Waals surface area contributed by atoms with Gasteiger partial charge in [0.2, 0.25) is 10.0 Å². The molecule has 0 amide bonds. The molecule has 4 heterocycles. The van der Waals surface area contributed by atoms with E-state index in [1.807, 2.05) is 6.07 Å². The van der Waals surface area contributed by atoms with Gasteiger partial charge >= 0.3 is 0 Å². The Bertz CT molecular complexity index is 1240. The molecule has 10 heteroatoms. The lowest BCUT2D eigenvalue weighted by Gasteiger charge is -2.47. The maximum Gasteiger partial charge on any atom is 0.213 e. The number of rotatable bonds is 5. The molecule has 1 N–H and O–H groups in total. The third-order valence-corrected chi connectivity index (χ3v) is 6.95. The van der Waals surface area contributed by atoms with E-state index in [9.17, 15) is 18.9 Å². The van der Waals surface area contributed by atoms with E-state index < -0.39 is 15.6 Å². The summed E-state index contributed by atoms with van der Waals surface area (Å²) in [5, 5.41) is 24.0. The molecule has 0 radical (unpaired) electrons. The van der Waals surface area contributed by atoms with Gasteiger partial charge in [-0.2, -0.15) is 19.9 Å². The van der Waals surface area contributed by atoms with Crippen LogP contribution in [0, 0.1) is 22.7 Å². The Morgan fingerprint density at radius 1 is 1.32 bits per heavy atom. The van der Waals surface area contributed by atoms with Crippen molar-refractivity contribution in [1.29, 1.82) is 10.5 Å². The highest BCUT2D eigenvalue weighted by Crippen LogP contribution is 2.37. The van der Waals surface area contributed by atoms with Crippen molar-refractivity contribution in [2.24, 2.45) is 0 Å². The number of aromatic nitrogens is 4. The molecule has 1 fully saturated rings. The summed E-state index contributed by atoms with van der Waals surface area (Å²) in [6.07, 6.45) is 6.82. The van der Waals surface area contributed by atoms with Crippen LogP contribution >= 0.6 is 0 Å². The number of nitriles is 2. The summed E-state index contributed by atoms with van der Waals surface area (Å²) >= 11 is 0. The molecular weight excluding hydrogens is 378 g/mol. The minimum atomic E-state index is -3.31. The second-order valence-corrected chi connectivity index (χ2v) is 9.06. The second-order valence-electron chi connectivity index (χ2n) is 6.80. The summed E-state index contributed by atoms with van der Waals surface area (Å²) in [4.78, 5) is 7.26. The van der Waals surface area contributed by atoms with Gasteiger partial charge in [-0.15, -0.1) is 0 Å². The summed E-state index contributed by atoms with van der Waals surface area (Å²) in [5.74, 6) is 0.0218. The molecule has 4 rings (SSSR count). The van der Waals surface area contributed by atoms with E-state index in [0.29, 0.717) is 16.8 Å². The molecule has 0 atom stereocenters. The third kappa shape index (κ3) is 2.66. The third-order valence-electron chi connectivity index (χ3n) is 5.17. The predicted molar refractivity (Wildman–Crippen MR) is 101 cm³/mol. The number of fused-ring (bicyclic) bond motifs is 1. The summed E-state index contributed by atoms with van der Waals surface area (Å²) < 4.78 is 27.2. The fraction of sp³-hybridized carbons (Fsp3) is 0.333. The van der Waals surface area contributed by atoms with Gasteiger partial charge in [-0.25, -0.2) is 13.4 Å². The molecule has 3 aromatic heterocycles. The van der Waals surface area contributed by atoms with Crippen LogP contribution in [0.15, 0.2) is 30.9 Å². The molecular formula is C18H17N7O2S. The molecule has 1 saturated heterocycles. The zero-order valence-electron chi connectivity index (χ0n) is 15.1. The van der Waals surface area contributed by atoms with Gasteiger partial charge in [0, 0.05) is 48.2 Å². The summed E-state index contributed by atoms with van der Waals surface area (Å²) in [7, 11) is -3.31. The summed E-state index contributed by atoms with van der Waals surface area (Å²) in [5.41, 5.74) is 1.82. The van der Waals surface area contributed by atoms with Crippen LogP contribution < -0.4 is 0 Å². The first kappa shape index (κ1) is 18.2. The van der Waals surface area contributed by atoms with Crippen molar-refractivity contribution in [3.05, 3.63) is 36.4 Å². The Morgan fingerprint density at radius 3 is 2.79 bits per heavy atom. The standard InChI is InChI=1S/C18H17N7O2S/c1-2-28(26,27)24-11-18(12-24,4-5-19)25-10-14(9-23-25)16-13(7-20)8-22-17-15(16)3-6-21-17/h3,6,8-10H,2,4,11-12H2,1H3,(H,21,22). The number of nitrogens with zero attached hydrogens (tertiary/aromatic N) is 6. The van der Waals surface area contributed by atoms with E-state index in [1.165, 1.54) is 10.5 Å². The first-order valence-electron chi connectivity index (χ1n) is 8.70. The lowest BCUT2D eigenvalue weighted by atomic mass is 9.89. The van der Waals surface area contributed by atoms with Crippen LogP contribution in [0.1, 0.15) is 18.9 Å². The average Bonchev–Trinajstić information content (AvgIpc) is 3.32. The number of sulfonamides is 1. The van der Waals surface area contributed by atoms with Crippen molar-refractivity contribution >= 4 is 21.1 Å². The molecule has 1 aliphatic heterocycles. The Hall–Kier alpha value is -3.21. The van der Waals surface area contributed by atoms with Crippen LogP contribution in [-0.2, 0) is 15.6 Å². The SMILES string of the molecule is CCS(=O)(=O)N1CC(CC#N)(n2cc(-c3c(C#N)cnc4[nH]ccc34)cn2)C1. The fourth-order valence-corrected chi connectivity index (χ4v) is 4.83. The topological polar surface area (TPSA) is 131 Å². The molecule has 0 saturated carbocycles. The van der Waals surface area contributed by atoms with E-state index in [2.05, 4.69) is 27.2 Å². The number of hydrogen-bond acceptors (Lipinski definition) is 6. The van der Waals surface area contributed by atoms with Crippen LogP contribution in [0.4, 0.5) is 0 Å². The van der Waals surface area contributed by atoms with Gasteiger partial charge in [-0.05, 0) is 13.0 Å². The van der Waals surface area contributed by atoms with E-state index in [4.69, 9.17) is 0 Å². The molecule has 0 bridgehead atoms. The van der Waals surface area contributed by atoms with Crippen molar-refractivity contribution < 1.29 is 8.42 Å². The van der Waals surface area contributed by atoms with Crippen LogP contribution in [0.2, 0.25) is 0 Å². The van der Waals surface area contributed by atoms with E-state index >= 15 is 0 Å². The van der Waals surface area contributed by atoms with E-state index in [0.717, 1.165) is 10.9 Å². The first-order chi connectivity index (χ1) is 13.4. The van der Waals surface area contributed by atoms with Crippen LogP contribution in [0.3, 0.4) is 0 Å². The maximum absolute atomic E-state index is 12.1. The number of pyridine rings is 1. The highest BCUT2D eigenvalue weighted by atomic mass is 32.2. The van der Waals surface area contributed by atoms with E-state index in [1.54, 1.807) is 30.2 Å². The molecule has 1 aliphatic rings. The number of aromatic amines is 1. The molecule has 142 valence electrons. The average molecular weight is 395 g/mol. The molecule has 0 aliphatic carbocycles. The predicted octanol–water partition coefficient (Wildman–Crippen LogP) is 1.57. The normalized spacial score (nSPS) is 16.4. The minimum absolute atomic E-state index is 0.0218. The first-order valence-corrected chi connectivity index (χ1v) is 10.3. The van der Waals surface area contributed by atoms with Crippen molar-refractivity contribution in [2.45, 2.75) is 18.9 Å². The molecule has 0 aromatic carbocycles. The molecule has 0 unspecified atom stereocenters. The van der Waals surface area contributed by atoms with Gasteiger partial charge in [0.25, 0.3) is 0 Å². The lowest BCUT2D eigenvalue weighted by Crippen LogP contribution is -2.64. The fourth-order valence-electron chi connectivity index (χ4n) is 3.59.